The van der Waals surface area contributed by atoms with Crippen LogP contribution >= 0.6 is 0 Å². The summed E-state index contributed by atoms with van der Waals surface area (Å²) in [6.45, 7) is 14.9. The fourth-order valence-corrected chi connectivity index (χ4v) is 0.796. The number of hydrogen-bond acceptors (Lipinski definition) is 2. The van der Waals surface area contributed by atoms with Crippen molar-refractivity contribution in [3.63, 3.8) is 0 Å². The van der Waals surface area contributed by atoms with E-state index in [9.17, 15) is 0 Å². The molecule has 0 spiro atoms. The molecule has 0 radical (unpaired) electrons. The van der Waals surface area contributed by atoms with E-state index >= 15 is 0 Å². The average Bonchev–Trinajstić information content (AvgIpc) is 2.06. The van der Waals surface area contributed by atoms with Crippen molar-refractivity contribution in [3.8, 4) is 0 Å². The number of rotatable bonds is 4. The summed E-state index contributed by atoms with van der Waals surface area (Å²) in [6, 6.07) is 0. The van der Waals surface area contributed by atoms with Crippen molar-refractivity contribution in [2.45, 2.75) is 40.2 Å². The van der Waals surface area contributed by atoms with E-state index in [1.54, 1.807) is 7.11 Å². The molecule has 0 aliphatic rings. The second kappa shape index (κ2) is 7.17. The van der Waals surface area contributed by atoms with Crippen LogP contribution in [0.25, 0.3) is 0 Å². The van der Waals surface area contributed by atoms with Crippen LogP contribution < -0.4 is 5.32 Å². The normalized spacial score (nSPS) is 9.83. The van der Waals surface area contributed by atoms with E-state index in [-0.39, 0.29) is 5.54 Å². The van der Waals surface area contributed by atoms with Gasteiger partial charge in [-0.3, -0.25) is 0 Å². The Bertz CT molecular complexity index is 119. The smallest absolute Gasteiger partial charge is 0.108 e. The van der Waals surface area contributed by atoms with Crippen LogP contribution in [0.1, 0.15) is 34.6 Å². The molecule has 74 valence electrons. The van der Waals surface area contributed by atoms with Crippen LogP contribution in [0.2, 0.25) is 0 Å². The van der Waals surface area contributed by atoms with E-state index in [1.807, 2.05) is 27.7 Å². The second-order valence-corrected chi connectivity index (χ2v) is 2.78. The summed E-state index contributed by atoms with van der Waals surface area (Å²) in [5.74, 6) is 0.773. The van der Waals surface area contributed by atoms with Gasteiger partial charge in [0.1, 0.15) is 5.76 Å². The summed E-state index contributed by atoms with van der Waals surface area (Å²) in [6.07, 6.45) is 0. The minimum absolute atomic E-state index is 0.108. The Hall–Kier alpha value is -0.500. The Morgan fingerprint density at radius 2 is 1.83 bits per heavy atom. The Morgan fingerprint density at radius 1 is 1.42 bits per heavy atom. The van der Waals surface area contributed by atoms with Gasteiger partial charge in [0.25, 0.3) is 0 Å². The summed E-state index contributed by atoms with van der Waals surface area (Å²) in [5, 5.41) is 3.25. The predicted octanol–water partition coefficient (Wildman–Crippen LogP) is 2.56. The van der Waals surface area contributed by atoms with Crippen LogP contribution in [-0.2, 0) is 4.74 Å². The van der Waals surface area contributed by atoms with Crippen molar-refractivity contribution in [3.05, 3.63) is 12.3 Å². The first kappa shape index (κ1) is 14.0. The molecule has 0 aromatic rings. The van der Waals surface area contributed by atoms with E-state index in [0.717, 1.165) is 12.3 Å². The third-order valence-corrected chi connectivity index (χ3v) is 1.56. The summed E-state index contributed by atoms with van der Waals surface area (Å²) in [5.41, 5.74) is -0.108. The Labute approximate surface area is 77.0 Å². The predicted molar refractivity (Wildman–Crippen MR) is 55.3 cm³/mol. The van der Waals surface area contributed by atoms with Crippen LogP contribution in [0, 0.1) is 0 Å². The molecule has 0 bridgehead atoms. The Kier molecular flexibility index (Phi) is 8.39. The summed E-state index contributed by atoms with van der Waals surface area (Å²) >= 11 is 0. The monoisotopic (exact) mass is 173 g/mol. The van der Waals surface area contributed by atoms with Crippen molar-refractivity contribution < 1.29 is 4.74 Å². The zero-order chi connectivity index (χ0) is 10.2. The van der Waals surface area contributed by atoms with Crippen LogP contribution in [0.5, 0.6) is 0 Å². The maximum Gasteiger partial charge on any atom is 0.108 e. The highest BCUT2D eigenvalue weighted by Crippen LogP contribution is 2.12. The molecule has 2 nitrogen and oxygen atoms in total. The highest BCUT2D eigenvalue weighted by atomic mass is 16.5. The molecule has 2 heteroatoms. The molecule has 0 aromatic heterocycles. The van der Waals surface area contributed by atoms with Gasteiger partial charge in [-0.05, 0) is 20.4 Å². The van der Waals surface area contributed by atoms with Gasteiger partial charge >= 0.3 is 0 Å². The summed E-state index contributed by atoms with van der Waals surface area (Å²) in [4.78, 5) is 0. The largest absolute Gasteiger partial charge is 0.500 e. The lowest BCUT2D eigenvalue weighted by Crippen LogP contribution is -2.41. The SMILES string of the molecule is C=C(OC)C(C)(C)NCC.CC. The lowest BCUT2D eigenvalue weighted by molar-refractivity contribution is 0.217. The van der Waals surface area contributed by atoms with Gasteiger partial charge in [0.15, 0.2) is 0 Å². The third-order valence-electron chi connectivity index (χ3n) is 1.56. The van der Waals surface area contributed by atoms with Gasteiger partial charge in [-0.2, -0.15) is 0 Å². The van der Waals surface area contributed by atoms with Crippen molar-refractivity contribution in [1.29, 1.82) is 0 Å². The van der Waals surface area contributed by atoms with Gasteiger partial charge in [0.05, 0.1) is 12.6 Å². The second-order valence-electron chi connectivity index (χ2n) is 2.78. The van der Waals surface area contributed by atoms with E-state index in [4.69, 9.17) is 4.74 Å². The number of nitrogens with one attached hydrogen (secondary N) is 1. The molecule has 1 N–H and O–H groups in total. The van der Waals surface area contributed by atoms with Gasteiger partial charge in [-0.15, -0.1) is 0 Å². The summed E-state index contributed by atoms with van der Waals surface area (Å²) < 4.78 is 5.01. The Morgan fingerprint density at radius 3 is 2.08 bits per heavy atom. The van der Waals surface area contributed by atoms with Crippen molar-refractivity contribution in [2.24, 2.45) is 0 Å². The lowest BCUT2D eigenvalue weighted by atomic mass is 10.0. The molecule has 0 saturated carbocycles. The fraction of sp³-hybridized carbons (Fsp3) is 0.800. The van der Waals surface area contributed by atoms with Crippen LogP contribution in [0.15, 0.2) is 12.3 Å². The molecular weight excluding hydrogens is 150 g/mol. The molecule has 0 amide bonds. The first-order valence-electron chi connectivity index (χ1n) is 4.53. The number of likely N-dealkylation sites (N-methyl/N-ethyl adjacent to an activating group) is 1. The van der Waals surface area contributed by atoms with Crippen molar-refractivity contribution in [2.75, 3.05) is 13.7 Å². The topological polar surface area (TPSA) is 21.3 Å². The minimum atomic E-state index is -0.108. The first-order chi connectivity index (χ1) is 5.54. The molecule has 0 aliphatic carbocycles. The van der Waals surface area contributed by atoms with Gasteiger partial charge < -0.3 is 10.1 Å². The molecule has 0 fully saturated rings. The molecule has 0 rings (SSSR count). The standard InChI is InChI=1S/C8H17NO.C2H6/c1-6-9-8(3,4)7(2)10-5;1-2/h9H,2,6H2,1,3-5H3;1-2H3. The molecule has 0 aliphatic heterocycles. The highest BCUT2D eigenvalue weighted by Gasteiger charge is 2.20. The fourth-order valence-electron chi connectivity index (χ4n) is 0.796. The Balaban J connectivity index is 0. The number of methoxy groups -OCH3 is 1. The van der Waals surface area contributed by atoms with Gasteiger partial charge in [-0.1, -0.05) is 27.4 Å². The van der Waals surface area contributed by atoms with Crippen LogP contribution in [0.4, 0.5) is 0 Å². The maximum absolute atomic E-state index is 5.01. The zero-order valence-corrected chi connectivity index (χ0v) is 9.32. The molecular formula is C10H23NO. The van der Waals surface area contributed by atoms with Gasteiger partial charge in [0.2, 0.25) is 0 Å². The number of ether oxygens (including phenoxy) is 1. The average molecular weight is 173 g/mol. The maximum atomic E-state index is 5.01. The first-order valence-corrected chi connectivity index (χ1v) is 4.53. The van der Waals surface area contributed by atoms with Gasteiger partial charge in [0, 0.05) is 0 Å². The van der Waals surface area contributed by atoms with Crippen molar-refractivity contribution >= 4 is 0 Å². The van der Waals surface area contributed by atoms with Crippen molar-refractivity contribution in [1.82, 2.24) is 5.32 Å². The highest BCUT2D eigenvalue weighted by molar-refractivity contribution is 5.04. The number of hydrogen-bond donors (Lipinski definition) is 1. The zero-order valence-electron chi connectivity index (χ0n) is 9.32. The van der Waals surface area contributed by atoms with Crippen LogP contribution in [0.3, 0.4) is 0 Å². The molecule has 0 unspecified atom stereocenters. The molecule has 0 aromatic carbocycles. The van der Waals surface area contributed by atoms with E-state index in [1.165, 1.54) is 0 Å². The molecule has 12 heavy (non-hydrogen) atoms. The molecule has 0 heterocycles. The quantitative estimate of drug-likeness (QED) is 0.660. The van der Waals surface area contributed by atoms with E-state index in [0.29, 0.717) is 0 Å². The van der Waals surface area contributed by atoms with E-state index < -0.39 is 0 Å². The van der Waals surface area contributed by atoms with Gasteiger partial charge in [-0.25, -0.2) is 0 Å². The molecule has 0 saturated heterocycles. The van der Waals surface area contributed by atoms with E-state index in [2.05, 4.69) is 18.8 Å². The lowest BCUT2D eigenvalue weighted by Gasteiger charge is -2.26. The third kappa shape index (κ3) is 5.19. The minimum Gasteiger partial charge on any atom is -0.500 e. The summed E-state index contributed by atoms with van der Waals surface area (Å²) in [7, 11) is 1.64. The van der Waals surface area contributed by atoms with Crippen LogP contribution in [-0.4, -0.2) is 19.2 Å². The molecule has 0 atom stereocenters.